The lowest BCUT2D eigenvalue weighted by Gasteiger charge is -2.26. The number of amides is 3. The molecule has 0 spiro atoms. The Morgan fingerprint density at radius 1 is 1.07 bits per heavy atom. The Hall–Kier alpha value is -3.03. The number of hydrogen-bond donors (Lipinski definition) is 1. The van der Waals surface area contributed by atoms with Gasteiger partial charge in [0.05, 0.1) is 19.2 Å². The van der Waals surface area contributed by atoms with Crippen LogP contribution in [0.4, 0.5) is 18.0 Å². The summed E-state index contributed by atoms with van der Waals surface area (Å²) in [6, 6.07) is 10.8. The van der Waals surface area contributed by atoms with Gasteiger partial charge in [-0.25, -0.2) is 4.79 Å². The minimum atomic E-state index is -4.58. The van der Waals surface area contributed by atoms with Crippen molar-refractivity contribution in [2.75, 3.05) is 7.11 Å². The second-order valence-corrected chi connectivity index (χ2v) is 6.46. The molecule has 1 N–H and O–H groups in total. The predicted octanol–water partition coefficient (Wildman–Crippen LogP) is 4.07. The van der Waals surface area contributed by atoms with Crippen molar-refractivity contribution in [1.82, 2.24) is 10.2 Å². The molecule has 0 aliphatic carbocycles. The van der Waals surface area contributed by atoms with Crippen LogP contribution in [0.5, 0.6) is 5.75 Å². The summed E-state index contributed by atoms with van der Waals surface area (Å²) < 4.78 is 44.9. The quantitative estimate of drug-likeness (QED) is 0.781. The van der Waals surface area contributed by atoms with E-state index in [2.05, 4.69) is 5.32 Å². The Morgan fingerprint density at radius 3 is 2.29 bits per heavy atom. The Balaban J connectivity index is 1.95. The minimum absolute atomic E-state index is 0.139. The standard InChI is InChI=1S/C20H19F3N2O3/c1-3-19(14-8-10-15(28-2)11-9-14)17(26)25(18(27)24-19)12-13-6-4-5-7-16(13)20(21,22)23/h4-11H,3,12H2,1-2H3,(H,24,27)/t19-/m1/s1. The zero-order valence-corrected chi connectivity index (χ0v) is 15.3. The Labute approximate surface area is 160 Å². The van der Waals surface area contributed by atoms with Crippen LogP contribution >= 0.6 is 0 Å². The van der Waals surface area contributed by atoms with Crippen LogP contribution in [0.1, 0.15) is 30.0 Å². The topological polar surface area (TPSA) is 58.6 Å². The molecule has 1 fully saturated rings. The van der Waals surface area contributed by atoms with Gasteiger partial charge in [-0.05, 0) is 35.7 Å². The van der Waals surface area contributed by atoms with Crippen molar-refractivity contribution in [3.63, 3.8) is 0 Å². The van der Waals surface area contributed by atoms with Crippen molar-refractivity contribution in [1.29, 1.82) is 0 Å². The van der Waals surface area contributed by atoms with Gasteiger partial charge in [0.15, 0.2) is 0 Å². The van der Waals surface area contributed by atoms with Crippen LogP contribution < -0.4 is 10.1 Å². The van der Waals surface area contributed by atoms with Crippen LogP contribution in [0, 0.1) is 0 Å². The lowest BCUT2D eigenvalue weighted by atomic mass is 9.87. The van der Waals surface area contributed by atoms with Gasteiger partial charge in [0.25, 0.3) is 5.91 Å². The summed E-state index contributed by atoms with van der Waals surface area (Å²) in [5.74, 6) is 0.00452. The second-order valence-electron chi connectivity index (χ2n) is 6.46. The molecule has 2 aromatic rings. The largest absolute Gasteiger partial charge is 0.497 e. The molecule has 0 bridgehead atoms. The summed E-state index contributed by atoms with van der Waals surface area (Å²) in [4.78, 5) is 26.5. The van der Waals surface area contributed by atoms with Crippen molar-refractivity contribution < 1.29 is 27.5 Å². The summed E-state index contributed by atoms with van der Waals surface area (Å²) in [5, 5.41) is 2.66. The van der Waals surface area contributed by atoms with Crippen molar-refractivity contribution in [3.8, 4) is 5.75 Å². The molecule has 5 nitrogen and oxygen atoms in total. The maximum absolute atomic E-state index is 13.3. The first-order chi connectivity index (χ1) is 13.2. The Kier molecular flexibility index (Phi) is 5.06. The number of halogens is 3. The Morgan fingerprint density at radius 2 is 1.71 bits per heavy atom. The third-order valence-corrected chi connectivity index (χ3v) is 4.94. The van der Waals surface area contributed by atoms with E-state index in [1.54, 1.807) is 31.2 Å². The Bertz CT molecular complexity index is 896. The van der Waals surface area contributed by atoms with Crippen molar-refractivity contribution >= 4 is 11.9 Å². The highest BCUT2D eigenvalue weighted by Crippen LogP contribution is 2.36. The second kappa shape index (κ2) is 7.18. The maximum Gasteiger partial charge on any atom is 0.416 e. The van der Waals surface area contributed by atoms with Gasteiger partial charge in [0.1, 0.15) is 11.3 Å². The molecule has 1 atom stereocenters. The molecular weight excluding hydrogens is 373 g/mol. The van der Waals surface area contributed by atoms with E-state index in [9.17, 15) is 22.8 Å². The van der Waals surface area contributed by atoms with E-state index in [0.29, 0.717) is 11.3 Å². The number of methoxy groups -OCH3 is 1. The number of urea groups is 1. The summed E-state index contributed by atoms with van der Waals surface area (Å²) in [6.07, 6.45) is -4.32. The minimum Gasteiger partial charge on any atom is -0.497 e. The highest BCUT2D eigenvalue weighted by molar-refractivity contribution is 6.07. The molecule has 3 rings (SSSR count). The molecular formula is C20H19F3N2O3. The number of nitrogens with one attached hydrogen (secondary N) is 1. The van der Waals surface area contributed by atoms with Gasteiger partial charge in [-0.15, -0.1) is 0 Å². The molecule has 1 aliphatic heterocycles. The van der Waals surface area contributed by atoms with Gasteiger partial charge in [-0.1, -0.05) is 37.3 Å². The third-order valence-electron chi connectivity index (χ3n) is 4.94. The first-order valence-corrected chi connectivity index (χ1v) is 8.66. The average Bonchev–Trinajstić information content (AvgIpc) is 2.93. The smallest absolute Gasteiger partial charge is 0.416 e. The SMILES string of the molecule is CC[C@]1(c2ccc(OC)cc2)NC(=O)N(Cc2ccccc2C(F)(F)F)C1=O. The highest BCUT2D eigenvalue weighted by Gasteiger charge is 2.51. The van der Waals surface area contributed by atoms with Crippen LogP contribution in [-0.4, -0.2) is 23.9 Å². The zero-order chi connectivity index (χ0) is 20.5. The van der Waals surface area contributed by atoms with Crippen LogP contribution in [0.25, 0.3) is 0 Å². The first kappa shape index (κ1) is 19.7. The molecule has 1 aliphatic rings. The number of carbonyl (C=O) groups is 2. The normalized spacial score (nSPS) is 19.7. The van der Waals surface area contributed by atoms with Gasteiger partial charge in [0, 0.05) is 0 Å². The van der Waals surface area contributed by atoms with Crippen LogP contribution in [0.3, 0.4) is 0 Å². The number of hydrogen-bond acceptors (Lipinski definition) is 3. The first-order valence-electron chi connectivity index (χ1n) is 8.66. The molecule has 2 aromatic carbocycles. The highest BCUT2D eigenvalue weighted by atomic mass is 19.4. The molecule has 1 saturated heterocycles. The van der Waals surface area contributed by atoms with E-state index >= 15 is 0 Å². The van der Waals surface area contributed by atoms with E-state index in [4.69, 9.17) is 4.74 Å². The van der Waals surface area contributed by atoms with Crippen LogP contribution in [0.2, 0.25) is 0 Å². The fourth-order valence-corrected chi connectivity index (χ4v) is 3.39. The maximum atomic E-state index is 13.3. The number of benzene rings is 2. The molecule has 1 heterocycles. The van der Waals surface area contributed by atoms with Crippen molar-refractivity contribution in [3.05, 3.63) is 65.2 Å². The van der Waals surface area contributed by atoms with E-state index in [0.717, 1.165) is 11.0 Å². The molecule has 28 heavy (non-hydrogen) atoms. The molecule has 0 unspecified atom stereocenters. The van der Waals surface area contributed by atoms with Gasteiger partial charge in [-0.3, -0.25) is 9.69 Å². The summed E-state index contributed by atoms with van der Waals surface area (Å²) >= 11 is 0. The number of carbonyl (C=O) groups excluding carboxylic acids is 2. The number of rotatable bonds is 5. The van der Waals surface area contributed by atoms with Gasteiger partial charge in [0.2, 0.25) is 0 Å². The third kappa shape index (κ3) is 3.30. The summed E-state index contributed by atoms with van der Waals surface area (Å²) in [6.45, 7) is 1.27. The number of imide groups is 1. The average molecular weight is 392 g/mol. The van der Waals surface area contributed by atoms with E-state index in [1.165, 1.54) is 25.3 Å². The number of alkyl halides is 3. The fourth-order valence-electron chi connectivity index (χ4n) is 3.39. The molecule has 148 valence electrons. The number of nitrogens with zero attached hydrogens (tertiary/aromatic N) is 1. The van der Waals surface area contributed by atoms with Crippen LogP contribution in [-0.2, 0) is 23.1 Å². The lowest BCUT2D eigenvalue weighted by molar-refractivity contribution is -0.139. The van der Waals surface area contributed by atoms with Gasteiger partial charge >= 0.3 is 12.2 Å². The molecule has 0 saturated carbocycles. The van der Waals surface area contributed by atoms with E-state index in [1.807, 2.05) is 0 Å². The molecule has 0 aromatic heterocycles. The zero-order valence-electron chi connectivity index (χ0n) is 15.3. The predicted molar refractivity (Wildman–Crippen MR) is 95.5 cm³/mol. The van der Waals surface area contributed by atoms with Gasteiger partial charge in [-0.2, -0.15) is 13.2 Å². The molecule has 8 heteroatoms. The monoisotopic (exact) mass is 392 g/mol. The lowest BCUT2D eigenvalue weighted by Crippen LogP contribution is -2.43. The van der Waals surface area contributed by atoms with Crippen molar-refractivity contribution in [2.45, 2.75) is 31.6 Å². The number of ether oxygens (including phenoxy) is 1. The fraction of sp³-hybridized carbons (Fsp3) is 0.300. The summed E-state index contributed by atoms with van der Waals surface area (Å²) in [7, 11) is 1.51. The van der Waals surface area contributed by atoms with E-state index in [-0.39, 0.29) is 12.0 Å². The summed E-state index contributed by atoms with van der Waals surface area (Å²) in [5.41, 5.74) is -1.79. The van der Waals surface area contributed by atoms with Gasteiger partial charge < -0.3 is 10.1 Å². The molecule has 0 radical (unpaired) electrons. The molecule has 3 amide bonds. The van der Waals surface area contributed by atoms with Crippen molar-refractivity contribution in [2.24, 2.45) is 0 Å². The van der Waals surface area contributed by atoms with E-state index < -0.39 is 35.8 Å². The van der Waals surface area contributed by atoms with Crippen LogP contribution in [0.15, 0.2) is 48.5 Å².